The molecule has 1 aliphatic carbocycles. The molecule has 3 aromatic rings. The minimum atomic E-state index is -4.73. The number of carbonyl (C=O) groups is 1. The largest absolute Gasteiger partial charge is 0.480 e. The number of halogens is 3. The second-order valence-electron chi connectivity index (χ2n) is 7.23. The number of aliphatic hydroxyl groups excluding tert-OH is 1. The zero-order chi connectivity index (χ0) is 23.3. The third-order valence-electron chi connectivity index (χ3n) is 5.08. The number of nitrogens with zero attached hydrogens (tertiary/aromatic N) is 1. The van der Waals surface area contributed by atoms with Gasteiger partial charge < -0.3 is 14.7 Å². The molecular formula is C19H15F3N2O6S2. The Morgan fingerprint density at radius 1 is 1.28 bits per heavy atom. The van der Waals surface area contributed by atoms with Crippen LogP contribution in [0.4, 0.5) is 13.2 Å². The molecule has 1 fully saturated rings. The van der Waals surface area contributed by atoms with E-state index in [1.54, 1.807) is 24.3 Å². The van der Waals surface area contributed by atoms with Gasteiger partial charge in [0.05, 0.1) is 11.5 Å². The highest BCUT2D eigenvalue weighted by molar-refractivity contribution is 7.91. The Balaban J connectivity index is 1.59. The molecule has 1 aromatic carbocycles. The van der Waals surface area contributed by atoms with Crippen LogP contribution in [0.15, 0.2) is 51.2 Å². The molecule has 170 valence electrons. The van der Waals surface area contributed by atoms with Gasteiger partial charge in [-0.25, -0.2) is 8.42 Å². The zero-order valence-corrected chi connectivity index (χ0v) is 17.6. The summed E-state index contributed by atoms with van der Waals surface area (Å²) in [5, 5.41) is 22.3. The standard InChI is InChI=1S/C19H15F3N2O6S2/c20-19(21,22)15-7-13(23-30-15)14-4-5-16(31-14)32(28,29)24-18(17(26)27)8-12(18)11-3-1-2-10(6-11)9-25/h1-7,12,24-25H,8-9H2,(H,26,27)/t12-,18?/m0/s1. The van der Waals surface area contributed by atoms with E-state index in [9.17, 15) is 36.6 Å². The number of benzene rings is 1. The van der Waals surface area contributed by atoms with Gasteiger partial charge in [0.15, 0.2) is 0 Å². The molecule has 1 aliphatic rings. The normalized spacial score (nSPS) is 20.9. The molecule has 0 amide bonds. The van der Waals surface area contributed by atoms with Gasteiger partial charge in [0.2, 0.25) is 5.76 Å². The van der Waals surface area contributed by atoms with Crippen LogP contribution >= 0.6 is 11.3 Å². The monoisotopic (exact) mass is 488 g/mol. The van der Waals surface area contributed by atoms with E-state index in [0.29, 0.717) is 28.5 Å². The fourth-order valence-electron chi connectivity index (χ4n) is 3.38. The lowest BCUT2D eigenvalue weighted by atomic mass is 10.0. The van der Waals surface area contributed by atoms with Crippen LogP contribution in [0.5, 0.6) is 0 Å². The van der Waals surface area contributed by atoms with Gasteiger partial charge in [-0.15, -0.1) is 11.3 Å². The van der Waals surface area contributed by atoms with Gasteiger partial charge in [-0.3, -0.25) is 4.79 Å². The predicted molar refractivity (Wildman–Crippen MR) is 105 cm³/mol. The predicted octanol–water partition coefficient (Wildman–Crippen LogP) is 3.20. The summed E-state index contributed by atoms with van der Waals surface area (Å²) < 4.78 is 70.1. The van der Waals surface area contributed by atoms with Crippen molar-refractivity contribution in [2.45, 2.75) is 34.9 Å². The zero-order valence-electron chi connectivity index (χ0n) is 16.0. The van der Waals surface area contributed by atoms with Crippen molar-refractivity contribution in [3.05, 3.63) is 59.4 Å². The Morgan fingerprint density at radius 2 is 2.03 bits per heavy atom. The first kappa shape index (κ1) is 22.5. The summed E-state index contributed by atoms with van der Waals surface area (Å²) in [6.45, 7) is -0.248. The average molecular weight is 488 g/mol. The molecule has 0 bridgehead atoms. The minimum absolute atomic E-state index is 0.00685. The summed E-state index contributed by atoms with van der Waals surface area (Å²) in [5.74, 6) is -3.33. The Morgan fingerprint density at radius 3 is 2.66 bits per heavy atom. The molecule has 8 nitrogen and oxygen atoms in total. The van der Waals surface area contributed by atoms with E-state index >= 15 is 0 Å². The van der Waals surface area contributed by atoms with E-state index in [4.69, 9.17) is 0 Å². The van der Waals surface area contributed by atoms with E-state index in [2.05, 4.69) is 14.4 Å². The van der Waals surface area contributed by atoms with Gasteiger partial charge in [-0.1, -0.05) is 29.4 Å². The van der Waals surface area contributed by atoms with Crippen molar-refractivity contribution in [2.24, 2.45) is 0 Å². The lowest BCUT2D eigenvalue weighted by Crippen LogP contribution is -2.44. The number of aliphatic hydroxyl groups is 1. The molecule has 32 heavy (non-hydrogen) atoms. The summed E-state index contributed by atoms with van der Waals surface area (Å²) in [5.41, 5.74) is -0.836. The highest BCUT2D eigenvalue weighted by Crippen LogP contribution is 2.52. The number of rotatable bonds is 7. The van der Waals surface area contributed by atoms with Crippen molar-refractivity contribution >= 4 is 27.3 Å². The van der Waals surface area contributed by atoms with Crippen molar-refractivity contribution in [1.82, 2.24) is 9.88 Å². The molecule has 1 saturated carbocycles. The van der Waals surface area contributed by atoms with E-state index < -0.39 is 39.4 Å². The van der Waals surface area contributed by atoms with E-state index in [-0.39, 0.29) is 27.8 Å². The van der Waals surface area contributed by atoms with Crippen LogP contribution in [0.25, 0.3) is 10.6 Å². The van der Waals surface area contributed by atoms with E-state index in [1.165, 1.54) is 6.07 Å². The average Bonchev–Trinajstić information content (AvgIpc) is 3.11. The summed E-state index contributed by atoms with van der Waals surface area (Å²) in [4.78, 5) is 12.1. The second kappa shape index (κ2) is 7.69. The summed E-state index contributed by atoms with van der Waals surface area (Å²) >= 11 is 0.634. The van der Waals surface area contributed by atoms with Crippen LogP contribution in [-0.2, 0) is 27.6 Å². The van der Waals surface area contributed by atoms with Crippen molar-refractivity contribution in [3.63, 3.8) is 0 Å². The molecule has 2 atom stereocenters. The third kappa shape index (κ3) is 4.03. The van der Waals surface area contributed by atoms with Gasteiger partial charge in [0, 0.05) is 12.0 Å². The molecule has 0 spiro atoms. The van der Waals surface area contributed by atoms with Crippen LogP contribution < -0.4 is 4.72 Å². The van der Waals surface area contributed by atoms with Crippen LogP contribution in [0.2, 0.25) is 0 Å². The SMILES string of the molecule is O=C(O)C1(NS(=O)(=O)c2ccc(-c3cc(C(F)(F)F)on3)s2)C[C@H]1c1cccc(CO)c1. The number of thiophene rings is 1. The van der Waals surface area contributed by atoms with Gasteiger partial charge >= 0.3 is 12.1 Å². The van der Waals surface area contributed by atoms with Crippen molar-refractivity contribution < 1.29 is 41.1 Å². The second-order valence-corrected chi connectivity index (χ2v) is 10.2. The number of sulfonamides is 1. The summed E-state index contributed by atoms with van der Waals surface area (Å²) in [6.07, 6.45) is -4.73. The number of hydrogen-bond donors (Lipinski definition) is 3. The smallest absolute Gasteiger partial charge is 0.452 e. The molecular weight excluding hydrogens is 473 g/mol. The lowest BCUT2D eigenvalue weighted by molar-refractivity contribution is -0.155. The number of aromatic nitrogens is 1. The van der Waals surface area contributed by atoms with Gasteiger partial charge in [-0.2, -0.15) is 17.9 Å². The van der Waals surface area contributed by atoms with Crippen molar-refractivity contribution in [1.29, 1.82) is 0 Å². The van der Waals surface area contributed by atoms with E-state index in [1.807, 2.05) is 0 Å². The molecule has 0 saturated heterocycles. The molecule has 0 aliphatic heterocycles. The Hall–Kier alpha value is -2.74. The molecule has 0 radical (unpaired) electrons. The molecule has 4 rings (SSSR count). The van der Waals surface area contributed by atoms with Crippen LogP contribution in [0.3, 0.4) is 0 Å². The maximum absolute atomic E-state index is 12.9. The number of carboxylic acids is 1. The fourth-order valence-corrected chi connectivity index (χ4v) is 6.05. The number of carboxylic acid groups (broad SMARTS) is 1. The molecule has 2 aromatic heterocycles. The maximum Gasteiger partial charge on any atom is 0.452 e. The molecule has 13 heteroatoms. The van der Waals surface area contributed by atoms with Crippen molar-refractivity contribution in [2.75, 3.05) is 0 Å². The molecule has 3 N–H and O–H groups in total. The third-order valence-corrected chi connectivity index (χ3v) is 8.19. The number of nitrogens with one attached hydrogen (secondary N) is 1. The number of alkyl halides is 3. The van der Waals surface area contributed by atoms with Crippen LogP contribution in [0, 0.1) is 0 Å². The highest BCUT2D eigenvalue weighted by Gasteiger charge is 2.63. The fraction of sp³-hybridized carbons (Fsp3) is 0.263. The number of hydrogen-bond acceptors (Lipinski definition) is 7. The van der Waals surface area contributed by atoms with Gasteiger partial charge in [0.1, 0.15) is 15.4 Å². The Labute approximate surface area is 183 Å². The quantitative estimate of drug-likeness (QED) is 0.466. The summed E-state index contributed by atoms with van der Waals surface area (Å²) in [7, 11) is -4.31. The first-order valence-electron chi connectivity index (χ1n) is 9.07. The van der Waals surface area contributed by atoms with Crippen molar-refractivity contribution in [3.8, 4) is 10.6 Å². The lowest BCUT2D eigenvalue weighted by Gasteiger charge is -2.15. The maximum atomic E-state index is 12.9. The minimum Gasteiger partial charge on any atom is -0.480 e. The first-order chi connectivity index (χ1) is 15.0. The highest BCUT2D eigenvalue weighted by atomic mass is 32.2. The van der Waals surface area contributed by atoms with Gasteiger partial charge in [-0.05, 0) is 29.7 Å². The van der Waals surface area contributed by atoms with Gasteiger partial charge in [0.25, 0.3) is 10.0 Å². The number of aliphatic carboxylic acids is 1. The Kier molecular flexibility index (Phi) is 5.40. The molecule has 2 heterocycles. The first-order valence-corrected chi connectivity index (χ1v) is 11.4. The Bertz CT molecular complexity index is 1280. The summed E-state index contributed by atoms with van der Waals surface area (Å²) in [6, 6.07) is 9.62. The molecule has 1 unspecified atom stereocenters. The topological polar surface area (TPSA) is 130 Å². The van der Waals surface area contributed by atoms with Crippen LogP contribution in [-0.4, -0.2) is 35.3 Å². The van der Waals surface area contributed by atoms with Crippen LogP contribution in [0.1, 0.15) is 29.2 Å². The van der Waals surface area contributed by atoms with E-state index in [0.717, 1.165) is 6.07 Å².